The molecular formula is C10H13N3O2. The minimum Gasteiger partial charge on any atom is -0.461 e. The third-order valence-electron chi connectivity index (χ3n) is 2.17. The highest BCUT2D eigenvalue weighted by Gasteiger charge is 2.12. The molecule has 5 heteroatoms. The van der Waals surface area contributed by atoms with Crippen LogP contribution in [0.4, 0.5) is 0 Å². The maximum absolute atomic E-state index is 5.78. The average Bonchev–Trinajstić information content (AvgIpc) is 2.85. The zero-order valence-corrected chi connectivity index (χ0v) is 8.51. The number of nitrogens with zero attached hydrogens (tertiary/aromatic N) is 2. The van der Waals surface area contributed by atoms with E-state index in [4.69, 9.17) is 14.7 Å². The van der Waals surface area contributed by atoms with Crippen LogP contribution in [0.25, 0.3) is 11.6 Å². The Morgan fingerprint density at radius 3 is 3.07 bits per heavy atom. The standard InChI is InChI=1S/C10H13N3O2/c1-2-7(11)6-9-12-10(13-15-9)8-4-3-5-14-8/h3-5,7H,2,6,11H2,1H3. The Morgan fingerprint density at radius 2 is 2.40 bits per heavy atom. The van der Waals surface area contributed by atoms with E-state index < -0.39 is 0 Å². The summed E-state index contributed by atoms with van der Waals surface area (Å²) in [6.45, 7) is 2.02. The quantitative estimate of drug-likeness (QED) is 0.823. The second-order valence-electron chi connectivity index (χ2n) is 3.36. The fraction of sp³-hybridized carbons (Fsp3) is 0.400. The molecule has 0 bridgehead atoms. The van der Waals surface area contributed by atoms with Gasteiger partial charge in [-0.15, -0.1) is 0 Å². The summed E-state index contributed by atoms with van der Waals surface area (Å²) in [6, 6.07) is 3.63. The second kappa shape index (κ2) is 4.27. The summed E-state index contributed by atoms with van der Waals surface area (Å²) in [6.07, 6.45) is 3.06. The van der Waals surface area contributed by atoms with Crippen LogP contribution in [0.3, 0.4) is 0 Å². The van der Waals surface area contributed by atoms with Crippen molar-refractivity contribution in [2.45, 2.75) is 25.8 Å². The number of furan rings is 1. The molecule has 0 aromatic carbocycles. The van der Waals surface area contributed by atoms with Gasteiger partial charge < -0.3 is 14.7 Å². The Hall–Kier alpha value is -1.62. The van der Waals surface area contributed by atoms with Gasteiger partial charge in [-0.05, 0) is 18.6 Å². The monoisotopic (exact) mass is 207 g/mol. The van der Waals surface area contributed by atoms with Crippen LogP contribution in [-0.2, 0) is 6.42 Å². The fourth-order valence-electron chi connectivity index (χ4n) is 1.21. The molecule has 0 aliphatic carbocycles. The molecule has 2 N–H and O–H groups in total. The molecule has 1 unspecified atom stereocenters. The Morgan fingerprint density at radius 1 is 1.53 bits per heavy atom. The van der Waals surface area contributed by atoms with Gasteiger partial charge in [0.05, 0.1) is 6.26 Å². The summed E-state index contributed by atoms with van der Waals surface area (Å²) in [7, 11) is 0. The van der Waals surface area contributed by atoms with Gasteiger partial charge in [0.2, 0.25) is 11.7 Å². The molecular weight excluding hydrogens is 194 g/mol. The van der Waals surface area contributed by atoms with Crippen LogP contribution in [0, 0.1) is 0 Å². The van der Waals surface area contributed by atoms with Crippen LogP contribution in [0.5, 0.6) is 0 Å². The van der Waals surface area contributed by atoms with Gasteiger partial charge >= 0.3 is 0 Å². The molecule has 2 rings (SSSR count). The van der Waals surface area contributed by atoms with Crippen molar-refractivity contribution in [3.05, 3.63) is 24.3 Å². The van der Waals surface area contributed by atoms with Crippen molar-refractivity contribution in [2.24, 2.45) is 5.73 Å². The van der Waals surface area contributed by atoms with E-state index in [-0.39, 0.29) is 6.04 Å². The predicted molar refractivity (Wildman–Crippen MR) is 54.0 cm³/mol. The van der Waals surface area contributed by atoms with E-state index in [1.165, 1.54) is 0 Å². The minimum atomic E-state index is 0.0647. The van der Waals surface area contributed by atoms with Crippen molar-refractivity contribution in [3.8, 4) is 11.6 Å². The number of hydrogen-bond donors (Lipinski definition) is 1. The molecule has 0 saturated heterocycles. The van der Waals surface area contributed by atoms with Gasteiger partial charge in [0.1, 0.15) is 0 Å². The molecule has 2 aromatic rings. The van der Waals surface area contributed by atoms with E-state index in [2.05, 4.69) is 10.1 Å². The van der Waals surface area contributed by atoms with Gasteiger partial charge in [-0.25, -0.2) is 0 Å². The van der Waals surface area contributed by atoms with Gasteiger partial charge in [-0.3, -0.25) is 0 Å². The first-order valence-corrected chi connectivity index (χ1v) is 4.91. The molecule has 2 heterocycles. The topological polar surface area (TPSA) is 78.1 Å². The molecule has 0 spiro atoms. The maximum Gasteiger partial charge on any atom is 0.238 e. The van der Waals surface area contributed by atoms with Crippen LogP contribution in [-0.4, -0.2) is 16.2 Å². The van der Waals surface area contributed by atoms with Crippen molar-refractivity contribution >= 4 is 0 Å². The van der Waals surface area contributed by atoms with Crippen LogP contribution in [0.15, 0.2) is 27.3 Å². The lowest BCUT2D eigenvalue weighted by Gasteiger charge is -2.02. The van der Waals surface area contributed by atoms with Crippen molar-refractivity contribution in [1.82, 2.24) is 10.1 Å². The summed E-state index contributed by atoms with van der Waals surface area (Å²) in [5.74, 6) is 1.63. The number of nitrogens with two attached hydrogens (primary N) is 1. The van der Waals surface area contributed by atoms with Crippen LogP contribution < -0.4 is 5.73 Å². The summed E-state index contributed by atoms with van der Waals surface area (Å²) >= 11 is 0. The van der Waals surface area contributed by atoms with Crippen LogP contribution >= 0.6 is 0 Å². The number of aromatic nitrogens is 2. The van der Waals surface area contributed by atoms with E-state index in [0.29, 0.717) is 23.9 Å². The van der Waals surface area contributed by atoms with Gasteiger partial charge in [-0.2, -0.15) is 4.98 Å². The van der Waals surface area contributed by atoms with E-state index in [1.54, 1.807) is 18.4 Å². The molecule has 0 saturated carbocycles. The minimum absolute atomic E-state index is 0.0647. The summed E-state index contributed by atoms with van der Waals surface area (Å²) in [4.78, 5) is 4.19. The van der Waals surface area contributed by atoms with Gasteiger partial charge in [0.25, 0.3) is 0 Å². The third-order valence-corrected chi connectivity index (χ3v) is 2.17. The first-order valence-electron chi connectivity index (χ1n) is 4.91. The van der Waals surface area contributed by atoms with E-state index in [9.17, 15) is 0 Å². The first kappa shape index (κ1) is 9.92. The summed E-state index contributed by atoms with van der Waals surface area (Å²) < 4.78 is 10.2. The van der Waals surface area contributed by atoms with Gasteiger partial charge in [0.15, 0.2) is 5.76 Å². The molecule has 80 valence electrons. The highest BCUT2D eigenvalue weighted by atomic mass is 16.5. The Balaban J connectivity index is 2.11. The van der Waals surface area contributed by atoms with E-state index >= 15 is 0 Å². The highest BCUT2D eigenvalue weighted by Crippen LogP contribution is 2.16. The maximum atomic E-state index is 5.78. The molecule has 0 aliphatic heterocycles. The molecule has 1 atom stereocenters. The molecule has 0 fully saturated rings. The molecule has 2 aromatic heterocycles. The molecule has 5 nitrogen and oxygen atoms in total. The zero-order valence-electron chi connectivity index (χ0n) is 8.51. The zero-order chi connectivity index (χ0) is 10.7. The van der Waals surface area contributed by atoms with Crippen molar-refractivity contribution in [2.75, 3.05) is 0 Å². The van der Waals surface area contributed by atoms with Crippen LogP contribution in [0.2, 0.25) is 0 Å². The molecule has 0 amide bonds. The number of rotatable bonds is 4. The Bertz CT molecular complexity index is 408. The van der Waals surface area contributed by atoms with Crippen molar-refractivity contribution in [1.29, 1.82) is 0 Å². The van der Waals surface area contributed by atoms with Crippen LogP contribution in [0.1, 0.15) is 19.2 Å². The normalized spacial score (nSPS) is 12.9. The average molecular weight is 207 g/mol. The smallest absolute Gasteiger partial charge is 0.238 e. The van der Waals surface area contributed by atoms with Gasteiger partial charge in [-0.1, -0.05) is 12.1 Å². The molecule has 0 radical (unpaired) electrons. The molecule has 0 aliphatic rings. The second-order valence-corrected chi connectivity index (χ2v) is 3.36. The first-order chi connectivity index (χ1) is 7.29. The number of hydrogen-bond acceptors (Lipinski definition) is 5. The van der Waals surface area contributed by atoms with E-state index in [1.807, 2.05) is 6.92 Å². The Kier molecular flexibility index (Phi) is 2.82. The highest BCUT2D eigenvalue weighted by molar-refractivity contribution is 5.44. The van der Waals surface area contributed by atoms with Crippen molar-refractivity contribution in [3.63, 3.8) is 0 Å². The SMILES string of the molecule is CCC(N)Cc1nc(-c2ccco2)no1. The van der Waals surface area contributed by atoms with E-state index in [0.717, 1.165) is 6.42 Å². The van der Waals surface area contributed by atoms with Crippen molar-refractivity contribution < 1.29 is 8.94 Å². The lowest BCUT2D eigenvalue weighted by Crippen LogP contribution is -2.21. The fourth-order valence-corrected chi connectivity index (χ4v) is 1.21. The lowest BCUT2D eigenvalue weighted by atomic mass is 10.2. The third kappa shape index (κ3) is 2.24. The lowest BCUT2D eigenvalue weighted by molar-refractivity contribution is 0.367. The summed E-state index contributed by atoms with van der Waals surface area (Å²) in [5.41, 5.74) is 5.78. The molecule has 15 heavy (non-hydrogen) atoms. The predicted octanol–water partition coefficient (Wildman–Crippen LogP) is 1.61. The summed E-state index contributed by atoms with van der Waals surface area (Å²) in [5, 5.41) is 3.81. The Labute approximate surface area is 87.3 Å². The van der Waals surface area contributed by atoms with Gasteiger partial charge in [0, 0.05) is 12.5 Å². The largest absolute Gasteiger partial charge is 0.461 e.